The van der Waals surface area contributed by atoms with Crippen LogP contribution in [0.25, 0.3) is 197 Å². The molecule has 24 rings (SSSR count). The smallest absolute Gasteiger partial charge is 0.308 e. The quantitative estimate of drug-likeness (QED) is 0.0630. The van der Waals surface area contributed by atoms with Gasteiger partial charge in [-0.1, -0.05) is 272 Å². The van der Waals surface area contributed by atoms with Crippen LogP contribution >= 0.6 is 23.2 Å². The van der Waals surface area contributed by atoms with Gasteiger partial charge in [0.25, 0.3) is 0 Å². The highest BCUT2D eigenvalue weighted by molar-refractivity contribution is 6.31. The minimum absolute atomic E-state index is 0.0274. The summed E-state index contributed by atoms with van der Waals surface area (Å²) in [6.45, 7) is 1.34. The highest BCUT2D eigenvalue weighted by Crippen LogP contribution is 2.36. The molecule has 24 aromatic rings. The standard InChI is InChI=1S/C21H14O4.2C19H11ClO2.C19H10F2O2.2C19H11FO2/c1-13(22)25-16-9-6-15(7-10-16)18-12-24-19-11-8-14-4-2-3-5-17(14)20(19)21(18)23;20-14-6-3-5-13(10-14)16-11-22-17-9-8-12-4-1-2-7-15(12)18(17)19(16)21;20-14-8-5-13(6-9-14)16-11-22-17-10-7-12-3-1-2-4-15(12)18(17)19(16)21;20-15-7-5-12(9-16(15)21)14-10-23-17-8-6-11-3-1-2-4-13(11)18(17)19(14)22;20-14-6-3-5-13(10-14)16-11-22-17-9-8-12-4-1-2-7-15(12)18(17)19(16)21;20-14-8-5-13(6-9-14)16-11-22-17-10-7-12-3-1-2-4-15(12)18(17)19(16)21/h2-12H,1H3;2*1-11H;1-10H;2*1-11H. The van der Waals surface area contributed by atoms with Gasteiger partial charge >= 0.3 is 5.97 Å². The highest BCUT2D eigenvalue weighted by Gasteiger charge is 2.21. The molecule has 136 heavy (non-hydrogen) atoms. The number of halogens is 6. The molecule has 6 heterocycles. The van der Waals surface area contributed by atoms with E-state index in [4.69, 9.17) is 54.4 Å². The SMILES string of the molecule is CC(=O)Oc1ccc(-c2coc3ccc4ccccc4c3c2=O)cc1.O=c1c(-c2ccc(Cl)cc2)coc2ccc3ccccc3c12.O=c1c(-c2ccc(F)c(F)c2)coc2ccc3ccccc3c12.O=c1c(-c2ccc(F)cc2)coc2ccc3ccccc3c12.O=c1c(-c2cccc(Cl)c2)coc2ccc3ccccc3c12.O=c1c(-c2cccc(F)c2)coc2ccc3ccccc3c12. The lowest BCUT2D eigenvalue weighted by molar-refractivity contribution is -0.131. The molecule has 0 spiro atoms. The van der Waals surface area contributed by atoms with Gasteiger partial charge in [0.15, 0.2) is 11.6 Å². The molecule has 0 aliphatic heterocycles. The fourth-order valence-electron chi connectivity index (χ4n) is 16.7. The van der Waals surface area contributed by atoms with E-state index < -0.39 is 11.6 Å². The van der Waals surface area contributed by atoms with Crippen LogP contribution in [0.5, 0.6) is 5.75 Å². The van der Waals surface area contributed by atoms with Crippen molar-refractivity contribution in [3.63, 3.8) is 0 Å². The van der Waals surface area contributed by atoms with E-state index in [1.54, 1.807) is 91.0 Å². The summed E-state index contributed by atoms with van der Waals surface area (Å²) in [4.78, 5) is 88.6. The van der Waals surface area contributed by atoms with Crippen LogP contribution in [0, 0.1) is 23.3 Å². The number of esters is 1. The van der Waals surface area contributed by atoms with Gasteiger partial charge in [-0.3, -0.25) is 33.6 Å². The zero-order chi connectivity index (χ0) is 93.8. The van der Waals surface area contributed by atoms with Gasteiger partial charge in [-0.2, -0.15) is 0 Å². The maximum absolute atomic E-state index is 13.5. The van der Waals surface area contributed by atoms with Crippen LogP contribution in [0.15, 0.2) is 451 Å². The van der Waals surface area contributed by atoms with Crippen LogP contribution in [0.1, 0.15) is 6.92 Å². The Kier molecular flexibility index (Phi) is 24.7. The van der Waals surface area contributed by atoms with Crippen molar-refractivity contribution in [1.29, 1.82) is 0 Å². The zero-order valence-corrected chi connectivity index (χ0v) is 73.0. The number of benzene rings is 18. The molecule has 0 aliphatic rings. The molecule has 0 radical (unpaired) electrons. The van der Waals surface area contributed by atoms with Crippen molar-refractivity contribution in [2.45, 2.75) is 6.92 Å². The molecule has 20 heteroatoms. The maximum atomic E-state index is 13.5. The molecule has 0 amide bonds. The van der Waals surface area contributed by atoms with Gasteiger partial charge in [-0.05, 0) is 207 Å². The fourth-order valence-corrected chi connectivity index (χ4v) is 17.0. The molecule has 0 saturated heterocycles. The Bertz CT molecular complexity index is 8900. The molecular formula is C116H68Cl2F4O14. The Morgan fingerprint density at radius 1 is 0.235 bits per heavy atom. The average molecular weight is 1830 g/mol. The number of ether oxygens (including phenoxy) is 1. The topological polar surface area (TPSA) is 208 Å². The maximum Gasteiger partial charge on any atom is 0.308 e. The summed E-state index contributed by atoms with van der Waals surface area (Å²) in [7, 11) is 0. The molecule has 14 nitrogen and oxygen atoms in total. The highest BCUT2D eigenvalue weighted by atomic mass is 35.5. The van der Waals surface area contributed by atoms with E-state index in [9.17, 15) is 51.1 Å². The first kappa shape index (κ1) is 87.9. The predicted molar refractivity (Wildman–Crippen MR) is 534 cm³/mol. The van der Waals surface area contributed by atoms with Gasteiger partial charge < -0.3 is 31.2 Å². The third-order valence-electron chi connectivity index (χ3n) is 23.2. The number of rotatable bonds is 7. The van der Waals surface area contributed by atoms with Crippen molar-refractivity contribution in [3.8, 4) is 72.5 Å². The molecular weight excluding hydrogens is 1760 g/mol. The van der Waals surface area contributed by atoms with Crippen LogP contribution in [0.2, 0.25) is 10.0 Å². The van der Waals surface area contributed by atoms with Crippen molar-refractivity contribution < 1.29 is 53.6 Å². The summed E-state index contributed by atoms with van der Waals surface area (Å²) in [5, 5.41) is 15.6. The van der Waals surface area contributed by atoms with E-state index in [0.717, 1.165) is 87.9 Å². The van der Waals surface area contributed by atoms with E-state index in [1.807, 2.05) is 224 Å². The predicted octanol–water partition coefficient (Wildman–Crippen LogP) is 29.5. The second-order valence-corrected chi connectivity index (χ2v) is 32.5. The van der Waals surface area contributed by atoms with Crippen molar-refractivity contribution in [2.75, 3.05) is 0 Å². The molecule has 6 aromatic heterocycles. The Hall–Kier alpha value is -17.5. The molecule has 0 N–H and O–H groups in total. The van der Waals surface area contributed by atoms with Gasteiger partial charge in [0.1, 0.15) is 88.5 Å². The summed E-state index contributed by atoms with van der Waals surface area (Å²) in [6, 6.07) is 105. The van der Waals surface area contributed by atoms with E-state index in [1.165, 1.54) is 74.8 Å². The minimum Gasteiger partial charge on any atom is -0.463 e. The third kappa shape index (κ3) is 17.8. The molecule has 0 saturated carbocycles. The van der Waals surface area contributed by atoms with E-state index >= 15 is 0 Å². The third-order valence-corrected chi connectivity index (χ3v) is 23.7. The first-order valence-corrected chi connectivity index (χ1v) is 43.4. The summed E-state index contributed by atoms with van der Waals surface area (Å²) in [5.41, 5.74) is 8.86. The Balaban J connectivity index is 0.000000105. The van der Waals surface area contributed by atoms with Crippen LogP contribution < -0.4 is 37.3 Å². The molecule has 0 aliphatic carbocycles. The van der Waals surface area contributed by atoms with Crippen LogP contribution in [-0.4, -0.2) is 5.97 Å². The van der Waals surface area contributed by atoms with Crippen LogP contribution in [0.4, 0.5) is 17.6 Å². The number of fused-ring (bicyclic) bond motifs is 18. The van der Waals surface area contributed by atoms with Gasteiger partial charge in [0.05, 0.1) is 65.7 Å². The second-order valence-electron chi connectivity index (χ2n) is 31.6. The molecule has 0 fully saturated rings. The largest absolute Gasteiger partial charge is 0.463 e. The first-order valence-electron chi connectivity index (χ1n) is 42.6. The summed E-state index contributed by atoms with van der Waals surface area (Å²) < 4.78 is 91.9. The fraction of sp³-hybridized carbons (Fsp3) is 0.00862. The Labute approximate surface area is 777 Å². The van der Waals surface area contributed by atoms with Crippen molar-refractivity contribution >= 4 is 160 Å². The second kappa shape index (κ2) is 38.2. The monoisotopic (exact) mass is 1830 g/mol. The van der Waals surface area contributed by atoms with E-state index in [-0.39, 0.29) is 61.3 Å². The number of hydrogen-bond acceptors (Lipinski definition) is 14. The Morgan fingerprint density at radius 2 is 0.500 bits per heavy atom. The summed E-state index contributed by atoms with van der Waals surface area (Å²) in [6.07, 6.45) is 8.61. The van der Waals surface area contributed by atoms with Crippen LogP contribution in [-0.2, 0) is 4.79 Å². The number of carbonyl (C=O) groups is 1. The first-order chi connectivity index (χ1) is 66.2. The zero-order valence-electron chi connectivity index (χ0n) is 71.5. The number of hydrogen-bond donors (Lipinski definition) is 0. The minimum atomic E-state index is -1.00. The lowest BCUT2D eigenvalue weighted by Crippen LogP contribution is -2.05. The number of carbonyl (C=O) groups excluding carboxylic acids is 1. The lowest BCUT2D eigenvalue weighted by atomic mass is 10.0. The summed E-state index contributed by atoms with van der Waals surface area (Å²) >= 11 is 11.9. The molecule has 0 bridgehead atoms. The summed E-state index contributed by atoms with van der Waals surface area (Å²) in [5.74, 6) is -2.62. The molecule has 0 unspecified atom stereocenters. The van der Waals surface area contributed by atoms with E-state index in [0.29, 0.717) is 126 Å². The van der Waals surface area contributed by atoms with Gasteiger partial charge in [-0.15, -0.1) is 0 Å². The van der Waals surface area contributed by atoms with Crippen molar-refractivity contribution in [3.05, 3.63) is 490 Å². The van der Waals surface area contributed by atoms with Gasteiger partial charge in [0.2, 0.25) is 32.6 Å². The van der Waals surface area contributed by atoms with Crippen molar-refractivity contribution in [2.24, 2.45) is 0 Å². The van der Waals surface area contributed by atoms with Crippen molar-refractivity contribution in [1.82, 2.24) is 0 Å². The molecule has 18 aromatic carbocycles. The van der Waals surface area contributed by atoms with Gasteiger partial charge in [-0.25, -0.2) is 17.6 Å². The molecule has 658 valence electrons. The average Bonchev–Trinajstić information content (AvgIpc) is 0.789. The molecule has 0 atom stereocenters. The normalized spacial score (nSPS) is 11.1. The van der Waals surface area contributed by atoms with Gasteiger partial charge in [0, 0.05) is 17.0 Å². The van der Waals surface area contributed by atoms with E-state index in [2.05, 4.69) is 0 Å². The van der Waals surface area contributed by atoms with Crippen LogP contribution in [0.3, 0.4) is 0 Å². The Morgan fingerprint density at radius 3 is 0.794 bits per heavy atom. The lowest BCUT2D eigenvalue weighted by Gasteiger charge is -2.06.